The molecule has 2 aromatic carbocycles. The summed E-state index contributed by atoms with van der Waals surface area (Å²) in [6.45, 7) is 0.304. The van der Waals surface area contributed by atoms with E-state index in [4.69, 9.17) is 39.5 Å². The molecule has 31 heavy (non-hydrogen) atoms. The second-order valence-corrected chi connectivity index (χ2v) is 7.80. The van der Waals surface area contributed by atoms with Gasteiger partial charge in [-0.15, -0.1) is 0 Å². The Labute approximate surface area is 192 Å². The third-order valence-corrected chi connectivity index (χ3v) is 5.50. The number of aromatic nitrogens is 4. The van der Waals surface area contributed by atoms with E-state index in [1.165, 1.54) is 0 Å². The van der Waals surface area contributed by atoms with Gasteiger partial charge in [-0.3, -0.25) is 14.6 Å². The van der Waals surface area contributed by atoms with Gasteiger partial charge < -0.3 is 10.1 Å². The van der Waals surface area contributed by atoms with Gasteiger partial charge >= 0.3 is 0 Å². The molecule has 0 radical (unpaired) electrons. The number of aromatic amines is 1. The fraction of sp³-hybridized carbons (Fsp3) is 0.0952. The van der Waals surface area contributed by atoms with E-state index in [9.17, 15) is 4.79 Å². The number of H-pyrrole nitrogens is 1. The highest BCUT2D eigenvalue weighted by Gasteiger charge is 2.16. The first-order valence-corrected chi connectivity index (χ1v) is 10.2. The van der Waals surface area contributed by atoms with Crippen molar-refractivity contribution in [3.05, 3.63) is 81.1 Å². The van der Waals surface area contributed by atoms with E-state index in [2.05, 4.69) is 20.6 Å². The number of ether oxygens (including phenoxy) is 1. The maximum Gasteiger partial charge on any atom is 0.274 e. The zero-order valence-electron chi connectivity index (χ0n) is 16.2. The number of nitrogens with one attached hydrogen (secondary N) is 2. The topological polar surface area (TPSA) is 84.8 Å². The number of nitrogens with zero attached hydrogens (tertiary/aromatic N) is 3. The van der Waals surface area contributed by atoms with E-state index in [-0.39, 0.29) is 16.5 Å². The second kappa shape index (κ2) is 9.01. The fourth-order valence-corrected chi connectivity index (χ4v) is 3.67. The lowest BCUT2D eigenvalue weighted by atomic mass is 10.1. The molecular weight excluding hydrogens is 461 g/mol. The highest BCUT2D eigenvalue weighted by molar-refractivity contribution is 6.36. The summed E-state index contributed by atoms with van der Waals surface area (Å²) in [6.07, 6.45) is 1.59. The highest BCUT2D eigenvalue weighted by atomic mass is 35.5. The summed E-state index contributed by atoms with van der Waals surface area (Å²) in [4.78, 5) is 12.7. The van der Waals surface area contributed by atoms with Gasteiger partial charge in [0.05, 0.1) is 19.3 Å². The number of rotatable bonds is 6. The number of methoxy groups -OCH3 is 1. The molecule has 0 aliphatic carbocycles. The molecule has 0 saturated heterocycles. The zero-order chi connectivity index (χ0) is 22.0. The molecule has 158 valence electrons. The molecule has 0 unspecified atom stereocenters. The Hall–Kier alpha value is -3.00. The quantitative estimate of drug-likeness (QED) is 0.382. The molecule has 2 aromatic heterocycles. The summed E-state index contributed by atoms with van der Waals surface area (Å²) in [7, 11) is 1.59. The fourth-order valence-electron chi connectivity index (χ4n) is 2.95. The van der Waals surface area contributed by atoms with Crippen LogP contribution in [0.15, 0.2) is 54.7 Å². The molecule has 2 N–H and O–H groups in total. The number of halogens is 3. The summed E-state index contributed by atoms with van der Waals surface area (Å²) in [6, 6.07) is 14.3. The molecule has 4 rings (SSSR count). The van der Waals surface area contributed by atoms with Crippen molar-refractivity contribution in [3.63, 3.8) is 0 Å². The van der Waals surface area contributed by atoms with Crippen molar-refractivity contribution in [1.82, 2.24) is 20.0 Å². The van der Waals surface area contributed by atoms with E-state index in [0.717, 1.165) is 5.56 Å². The summed E-state index contributed by atoms with van der Waals surface area (Å²) in [5, 5.41) is 15.3. The van der Waals surface area contributed by atoms with Crippen LogP contribution in [0, 0.1) is 0 Å². The molecule has 0 saturated carbocycles. The summed E-state index contributed by atoms with van der Waals surface area (Å²) in [5.74, 6) is 0.486. The van der Waals surface area contributed by atoms with Gasteiger partial charge in [0.15, 0.2) is 5.82 Å². The van der Waals surface area contributed by atoms with Crippen molar-refractivity contribution < 1.29 is 9.53 Å². The maximum absolute atomic E-state index is 12.7. The van der Waals surface area contributed by atoms with Crippen LogP contribution in [0.2, 0.25) is 15.1 Å². The Morgan fingerprint density at radius 2 is 1.84 bits per heavy atom. The van der Waals surface area contributed by atoms with Crippen molar-refractivity contribution in [1.29, 1.82) is 0 Å². The van der Waals surface area contributed by atoms with E-state index in [1.54, 1.807) is 42.3 Å². The van der Waals surface area contributed by atoms with Gasteiger partial charge in [0.1, 0.15) is 16.5 Å². The standard InChI is InChI=1S/C21H16Cl3N5O2/c1-31-13-5-2-4-12(8-13)18-9-19(27-26-18)21(30)25-20-17(24)11-29(28-20)10-14-15(22)6-3-7-16(14)23/h2-9,11H,10H2,1H3,(H,26,27)(H,25,28,30). The number of hydrogen-bond donors (Lipinski definition) is 2. The summed E-state index contributed by atoms with van der Waals surface area (Å²) >= 11 is 18.7. The van der Waals surface area contributed by atoms with Gasteiger partial charge in [0.2, 0.25) is 0 Å². The molecule has 2 heterocycles. The Morgan fingerprint density at radius 1 is 1.10 bits per heavy atom. The molecule has 0 bridgehead atoms. The molecule has 0 spiro atoms. The normalized spacial score (nSPS) is 10.8. The number of hydrogen-bond acceptors (Lipinski definition) is 4. The number of benzene rings is 2. The van der Waals surface area contributed by atoms with Crippen LogP contribution >= 0.6 is 34.8 Å². The minimum atomic E-state index is -0.426. The molecule has 0 aliphatic heterocycles. The molecule has 1 amide bonds. The van der Waals surface area contributed by atoms with Gasteiger partial charge in [-0.2, -0.15) is 10.2 Å². The number of carbonyl (C=O) groups excluding carboxylic acids is 1. The Balaban J connectivity index is 1.50. The molecule has 7 nitrogen and oxygen atoms in total. The molecular formula is C21H16Cl3N5O2. The first-order chi connectivity index (χ1) is 14.9. The summed E-state index contributed by atoms with van der Waals surface area (Å²) < 4.78 is 6.78. The van der Waals surface area contributed by atoms with Crippen molar-refractivity contribution in [2.24, 2.45) is 0 Å². The van der Waals surface area contributed by atoms with Crippen LogP contribution in [0.1, 0.15) is 16.1 Å². The minimum absolute atomic E-state index is 0.215. The Morgan fingerprint density at radius 3 is 2.58 bits per heavy atom. The maximum atomic E-state index is 12.7. The van der Waals surface area contributed by atoms with Crippen LogP contribution < -0.4 is 10.1 Å². The van der Waals surface area contributed by atoms with Gasteiger partial charge in [0, 0.05) is 27.4 Å². The third kappa shape index (κ3) is 4.69. The highest BCUT2D eigenvalue weighted by Crippen LogP contribution is 2.27. The van der Waals surface area contributed by atoms with Gasteiger partial charge in [-0.05, 0) is 30.3 Å². The summed E-state index contributed by atoms with van der Waals surface area (Å²) in [5.41, 5.74) is 2.39. The molecule has 0 atom stereocenters. The SMILES string of the molecule is COc1cccc(-c2cc(C(=O)Nc3nn(Cc4c(Cl)cccc4Cl)cc3Cl)[nH]n2)c1. The van der Waals surface area contributed by atoms with Crippen molar-refractivity contribution >= 4 is 46.5 Å². The average Bonchev–Trinajstić information content (AvgIpc) is 3.38. The average molecular weight is 477 g/mol. The largest absolute Gasteiger partial charge is 0.497 e. The van der Waals surface area contributed by atoms with Crippen molar-refractivity contribution in [2.75, 3.05) is 12.4 Å². The molecule has 0 fully saturated rings. The lowest BCUT2D eigenvalue weighted by molar-refractivity contribution is 0.102. The van der Waals surface area contributed by atoms with Crippen molar-refractivity contribution in [3.8, 4) is 17.0 Å². The number of amides is 1. The van der Waals surface area contributed by atoms with Crippen molar-refractivity contribution in [2.45, 2.75) is 6.54 Å². The third-order valence-electron chi connectivity index (χ3n) is 4.52. The van der Waals surface area contributed by atoms with Crippen LogP contribution in [-0.2, 0) is 6.54 Å². The van der Waals surface area contributed by atoms with E-state index < -0.39 is 5.91 Å². The molecule has 10 heteroatoms. The lowest BCUT2D eigenvalue weighted by Crippen LogP contribution is -2.13. The number of carbonyl (C=O) groups is 1. The van der Waals surface area contributed by atoms with E-state index in [1.807, 2.05) is 24.3 Å². The zero-order valence-corrected chi connectivity index (χ0v) is 18.5. The predicted molar refractivity (Wildman–Crippen MR) is 121 cm³/mol. The molecule has 0 aliphatic rings. The van der Waals surface area contributed by atoms with E-state index in [0.29, 0.717) is 33.6 Å². The van der Waals surface area contributed by atoms with Crippen LogP contribution in [0.25, 0.3) is 11.3 Å². The van der Waals surface area contributed by atoms with Gasteiger partial charge in [0.25, 0.3) is 5.91 Å². The second-order valence-electron chi connectivity index (χ2n) is 6.58. The Kier molecular flexibility index (Phi) is 6.18. The first-order valence-electron chi connectivity index (χ1n) is 9.11. The van der Waals surface area contributed by atoms with Crippen LogP contribution in [0.5, 0.6) is 5.75 Å². The lowest BCUT2D eigenvalue weighted by Gasteiger charge is -2.06. The van der Waals surface area contributed by atoms with Crippen LogP contribution in [0.4, 0.5) is 5.82 Å². The van der Waals surface area contributed by atoms with E-state index >= 15 is 0 Å². The molecule has 4 aromatic rings. The minimum Gasteiger partial charge on any atom is -0.497 e. The smallest absolute Gasteiger partial charge is 0.274 e. The van der Waals surface area contributed by atoms with Crippen LogP contribution in [-0.4, -0.2) is 33.0 Å². The monoisotopic (exact) mass is 475 g/mol. The van der Waals surface area contributed by atoms with Crippen LogP contribution in [0.3, 0.4) is 0 Å². The number of anilines is 1. The Bertz CT molecular complexity index is 1230. The van der Waals surface area contributed by atoms with Gasteiger partial charge in [-0.25, -0.2) is 0 Å². The predicted octanol–water partition coefficient (Wildman–Crippen LogP) is 5.54. The first kappa shape index (κ1) is 21.2. The van der Waals surface area contributed by atoms with Gasteiger partial charge in [-0.1, -0.05) is 53.0 Å².